The first-order chi connectivity index (χ1) is 28.9. The lowest BCUT2D eigenvalue weighted by atomic mass is 9.85. The zero-order valence-corrected chi connectivity index (χ0v) is 32.8. The molecule has 16 atom stereocenters. The monoisotopic (exact) mass is 840 g/mol. The van der Waals surface area contributed by atoms with Gasteiger partial charge in [-0.05, 0) is 48.4 Å². The van der Waals surface area contributed by atoms with Crippen LogP contribution in [0.1, 0.15) is 25.0 Å². The molecule has 324 valence electrons. The van der Waals surface area contributed by atoms with Crippen molar-refractivity contribution in [2.24, 2.45) is 11.8 Å². The number of esters is 3. The average Bonchev–Trinajstić information content (AvgIpc) is 3.92. The summed E-state index contributed by atoms with van der Waals surface area (Å²) >= 11 is 0. The molecule has 18 heteroatoms. The van der Waals surface area contributed by atoms with Crippen molar-refractivity contribution in [1.29, 1.82) is 0 Å². The maximum atomic E-state index is 13.4. The minimum absolute atomic E-state index is 0.532. The van der Waals surface area contributed by atoms with Crippen LogP contribution in [-0.2, 0) is 57.0 Å². The number of epoxide rings is 1. The summed E-state index contributed by atoms with van der Waals surface area (Å²) in [7, 11) is 1.53. The van der Waals surface area contributed by atoms with Gasteiger partial charge in [-0.2, -0.15) is 0 Å². The zero-order chi connectivity index (χ0) is 42.7. The normalized spacial score (nSPS) is 38.1. The van der Waals surface area contributed by atoms with Gasteiger partial charge in [0.1, 0.15) is 41.9 Å². The van der Waals surface area contributed by atoms with Gasteiger partial charge < -0.3 is 72.9 Å². The standard InChI is InChI=1S/C42H48O18/c1-21-34(56-28(46)16-12-24-9-13-25(51-3)14-10-24)36(57-29(47)15-11-23-7-5-4-6-8-23)37(54-22(2)45)41(53-21)58-35-26-17-18-52-39(30(26)42(20-44)38(35)60-42)59-40-33(50)32(49)31(48)27(19-43)55-40/h4-18,21,26-27,30-41,43-44,48-50H,19-20H2,1-3H3/t21-,26+,27+,30+,31+,32+,33+,34-,35-,36+,37+,38-,39+,40-,41-,42+/m1/s1. The summed E-state index contributed by atoms with van der Waals surface area (Å²) < 4.78 is 58.9. The molecule has 2 aromatic rings. The van der Waals surface area contributed by atoms with Crippen LogP contribution < -0.4 is 4.74 Å². The lowest BCUT2D eigenvalue weighted by molar-refractivity contribution is -0.347. The lowest BCUT2D eigenvalue weighted by Crippen LogP contribution is -2.62. The molecule has 7 rings (SSSR count). The van der Waals surface area contributed by atoms with Crippen molar-refractivity contribution in [3.05, 3.63) is 90.2 Å². The average molecular weight is 841 g/mol. The van der Waals surface area contributed by atoms with Crippen molar-refractivity contribution in [2.75, 3.05) is 20.3 Å². The van der Waals surface area contributed by atoms with E-state index in [4.69, 9.17) is 47.4 Å². The molecule has 60 heavy (non-hydrogen) atoms. The highest BCUT2D eigenvalue weighted by Crippen LogP contribution is 2.61. The van der Waals surface area contributed by atoms with E-state index in [9.17, 15) is 39.9 Å². The smallest absolute Gasteiger partial charge is 0.331 e. The molecule has 5 aliphatic rings. The van der Waals surface area contributed by atoms with Gasteiger partial charge >= 0.3 is 17.9 Å². The molecule has 0 radical (unpaired) electrons. The maximum absolute atomic E-state index is 13.4. The summed E-state index contributed by atoms with van der Waals surface area (Å²) in [4.78, 5) is 39.4. The number of fused-ring (bicyclic) bond motifs is 3. The van der Waals surface area contributed by atoms with E-state index in [1.54, 1.807) is 61.5 Å². The van der Waals surface area contributed by atoms with Gasteiger partial charge in [0, 0.05) is 25.0 Å². The van der Waals surface area contributed by atoms with E-state index in [0.717, 1.165) is 6.92 Å². The fourth-order valence-corrected chi connectivity index (χ4v) is 8.12. The second kappa shape index (κ2) is 18.5. The van der Waals surface area contributed by atoms with Crippen LogP contribution in [0.5, 0.6) is 5.75 Å². The number of benzene rings is 2. The van der Waals surface area contributed by atoms with Crippen LogP contribution in [0, 0.1) is 11.8 Å². The molecule has 0 bridgehead atoms. The summed E-state index contributed by atoms with van der Waals surface area (Å²) in [5.41, 5.74) is 0.0589. The molecule has 2 aromatic carbocycles. The van der Waals surface area contributed by atoms with Gasteiger partial charge in [-0.1, -0.05) is 42.5 Å². The Morgan fingerprint density at radius 2 is 1.42 bits per heavy atom. The van der Waals surface area contributed by atoms with Gasteiger partial charge in [0.15, 0.2) is 30.9 Å². The van der Waals surface area contributed by atoms with Crippen molar-refractivity contribution >= 4 is 30.1 Å². The summed E-state index contributed by atoms with van der Waals surface area (Å²) in [5, 5.41) is 51.7. The molecular weight excluding hydrogens is 792 g/mol. The second-order valence-corrected chi connectivity index (χ2v) is 15.0. The highest BCUT2D eigenvalue weighted by molar-refractivity contribution is 5.88. The van der Waals surface area contributed by atoms with Crippen LogP contribution in [0.3, 0.4) is 0 Å². The number of hydrogen-bond donors (Lipinski definition) is 5. The molecule has 1 aliphatic carbocycles. The number of carbonyl (C=O) groups is 3. The van der Waals surface area contributed by atoms with Crippen molar-refractivity contribution in [3.63, 3.8) is 0 Å². The predicted octanol–water partition coefficient (Wildman–Crippen LogP) is 0.370. The predicted molar refractivity (Wildman–Crippen MR) is 203 cm³/mol. The second-order valence-electron chi connectivity index (χ2n) is 15.0. The molecule has 4 aliphatic heterocycles. The van der Waals surface area contributed by atoms with Crippen LogP contribution >= 0.6 is 0 Å². The zero-order valence-electron chi connectivity index (χ0n) is 32.8. The number of rotatable bonds is 14. The van der Waals surface area contributed by atoms with Gasteiger partial charge in [0.05, 0.1) is 44.7 Å². The Hall–Kier alpha value is -4.73. The van der Waals surface area contributed by atoms with E-state index in [1.165, 1.54) is 37.7 Å². The first kappa shape index (κ1) is 43.4. The van der Waals surface area contributed by atoms with Gasteiger partial charge in [-0.3, -0.25) is 4.79 Å². The van der Waals surface area contributed by atoms with E-state index < -0.39 is 128 Å². The molecule has 0 unspecified atom stereocenters. The van der Waals surface area contributed by atoms with Crippen LogP contribution in [0.4, 0.5) is 0 Å². The van der Waals surface area contributed by atoms with E-state index in [1.807, 2.05) is 6.07 Å². The Kier molecular flexibility index (Phi) is 13.4. The van der Waals surface area contributed by atoms with E-state index >= 15 is 0 Å². The van der Waals surface area contributed by atoms with Crippen molar-refractivity contribution in [3.8, 4) is 5.75 Å². The van der Waals surface area contributed by atoms with Gasteiger partial charge in [-0.25, -0.2) is 9.59 Å². The van der Waals surface area contributed by atoms with Crippen molar-refractivity contribution < 1.29 is 87.3 Å². The Bertz CT molecular complexity index is 1900. The van der Waals surface area contributed by atoms with Gasteiger partial charge in [-0.15, -0.1) is 0 Å². The number of carbonyl (C=O) groups excluding carboxylic acids is 3. The Labute approximate surface area is 344 Å². The van der Waals surface area contributed by atoms with Crippen molar-refractivity contribution in [1.82, 2.24) is 0 Å². The minimum Gasteiger partial charge on any atom is -0.497 e. The lowest BCUT2D eigenvalue weighted by Gasteiger charge is -2.45. The highest BCUT2D eigenvalue weighted by atomic mass is 16.8. The minimum atomic E-state index is -1.74. The Morgan fingerprint density at radius 1 is 0.750 bits per heavy atom. The fourth-order valence-electron chi connectivity index (χ4n) is 8.12. The van der Waals surface area contributed by atoms with E-state index in [0.29, 0.717) is 16.9 Å². The van der Waals surface area contributed by atoms with Crippen molar-refractivity contribution in [2.45, 2.75) is 99.4 Å². The first-order valence-electron chi connectivity index (χ1n) is 19.4. The molecule has 1 saturated carbocycles. The molecule has 3 saturated heterocycles. The number of methoxy groups -OCH3 is 1. The molecule has 4 heterocycles. The maximum Gasteiger partial charge on any atom is 0.331 e. The molecule has 0 spiro atoms. The molecule has 0 aromatic heterocycles. The largest absolute Gasteiger partial charge is 0.497 e. The van der Waals surface area contributed by atoms with Crippen LogP contribution in [-0.4, -0.2) is 149 Å². The third-order valence-electron chi connectivity index (χ3n) is 11.2. The van der Waals surface area contributed by atoms with E-state index in [-0.39, 0.29) is 0 Å². The number of hydrogen-bond acceptors (Lipinski definition) is 18. The Balaban J connectivity index is 1.14. The third-order valence-corrected chi connectivity index (χ3v) is 11.2. The van der Waals surface area contributed by atoms with Crippen LogP contribution in [0.15, 0.2) is 79.1 Å². The summed E-state index contributed by atoms with van der Waals surface area (Å²) in [5.74, 6) is -3.32. The molecule has 5 N–H and O–H groups in total. The van der Waals surface area contributed by atoms with E-state index in [2.05, 4.69) is 0 Å². The molecular formula is C42H48O18. The first-order valence-corrected chi connectivity index (χ1v) is 19.4. The SMILES string of the molecule is COc1ccc(C=CC(=O)O[C@H]2[C@H](OC(=O)C=Cc3ccccc3)[C@H](OC(C)=O)[C@@H](O[C@@H]3[C@H]4C=CO[C@@H](O[C@H]5O[C@@H](CO)[C@H](O)[C@H](O)[C@@H]5O)[C@H]4[C@]4(CO)O[C@H]34)O[C@@H]2C)cc1. The third kappa shape index (κ3) is 8.99. The summed E-state index contributed by atoms with van der Waals surface area (Å²) in [6.45, 7) is 1.48. The van der Waals surface area contributed by atoms with Crippen LogP contribution in [0.2, 0.25) is 0 Å². The topological polar surface area (TPSA) is 248 Å². The van der Waals surface area contributed by atoms with Gasteiger partial charge in [0.2, 0.25) is 6.29 Å². The number of aliphatic hydroxyl groups excluding tert-OH is 5. The van der Waals surface area contributed by atoms with Crippen LogP contribution in [0.25, 0.3) is 12.2 Å². The number of ether oxygens (including phenoxy) is 10. The molecule has 0 amide bonds. The highest BCUT2D eigenvalue weighted by Gasteiger charge is 2.77. The number of aliphatic hydroxyl groups is 5. The summed E-state index contributed by atoms with van der Waals surface area (Å²) in [6.07, 6.45) is -9.37. The Morgan fingerprint density at radius 3 is 2.05 bits per heavy atom. The molecule has 18 nitrogen and oxygen atoms in total. The molecule has 4 fully saturated rings. The van der Waals surface area contributed by atoms with Gasteiger partial charge in [0.25, 0.3) is 0 Å². The summed E-state index contributed by atoms with van der Waals surface area (Å²) in [6, 6.07) is 15.9. The fraction of sp³-hybridized carbons (Fsp3) is 0.500. The quantitative estimate of drug-likeness (QED) is 0.0746.